The van der Waals surface area contributed by atoms with Gasteiger partial charge in [0, 0.05) is 17.4 Å². The minimum absolute atomic E-state index is 0.0343. The summed E-state index contributed by atoms with van der Waals surface area (Å²) in [5.74, 6) is -1.14. The molecule has 0 radical (unpaired) electrons. The number of rotatable bonds is 0. The fourth-order valence-electron chi connectivity index (χ4n) is 4.16. The SMILES string of the molecule is CC1=C(C)C2=CC(=O)C3=C(C(=O)c4oc(C)cc4C3=O)C2(C)CC1=O. The van der Waals surface area contributed by atoms with Crippen LogP contribution in [0.2, 0.25) is 0 Å². The molecule has 3 aliphatic carbocycles. The van der Waals surface area contributed by atoms with E-state index in [4.69, 9.17) is 4.42 Å². The Morgan fingerprint density at radius 3 is 2.36 bits per heavy atom. The second kappa shape index (κ2) is 4.63. The first-order valence-electron chi connectivity index (χ1n) is 8.09. The predicted molar refractivity (Wildman–Crippen MR) is 88.3 cm³/mol. The van der Waals surface area contributed by atoms with Crippen molar-refractivity contribution in [2.45, 2.75) is 34.1 Å². The van der Waals surface area contributed by atoms with Crippen LogP contribution < -0.4 is 0 Å². The van der Waals surface area contributed by atoms with E-state index in [0.29, 0.717) is 22.5 Å². The number of aryl methyl sites for hydroxylation is 1. The molecule has 5 heteroatoms. The van der Waals surface area contributed by atoms with E-state index in [2.05, 4.69) is 0 Å². The summed E-state index contributed by atoms with van der Waals surface area (Å²) in [5.41, 5.74) is 1.04. The van der Waals surface area contributed by atoms with Crippen LogP contribution >= 0.6 is 0 Å². The highest BCUT2D eigenvalue weighted by atomic mass is 16.3. The molecule has 1 unspecified atom stereocenters. The number of furan rings is 1. The zero-order chi connectivity index (χ0) is 18.3. The Morgan fingerprint density at radius 1 is 1.00 bits per heavy atom. The minimum Gasteiger partial charge on any atom is -0.457 e. The van der Waals surface area contributed by atoms with Crippen LogP contribution in [0.15, 0.2) is 44.4 Å². The molecule has 0 aliphatic heterocycles. The smallest absolute Gasteiger partial charge is 0.226 e. The molecule has 126 valence electrons. The highest BCUT2D eigenvalue weighted by molar-refractivity contribution is 6.39. The van der Waals surface area contributed by atoms with Gasteiger partial charge >= 0.3 is 0 Å². The Labute approximate surface area is 144 Å². The van der Waals surface area contributed by atoms with Crippen LogP contribution in [0.3, 0.4) is 0 Å². The molecule has 1 atom stereocenters. The van der Waals surface area contributed by atoms with Gasteiger partial charge in [0.05, 0.1) is 11.1 Å². The van der Waals surface area contributed by atoms with Crippen LogP contribution in [0.25, 0.3) is 0 Å². The predicted octanol–water partition coefficient (Wildman–Crippen LogP) is 3.09. The van der Waals surface area contributed by atoms with Crippen LogP contribution in [0, 0.1) is 12.3 Å². The molecule has 4 rings (SSSR count). The van der Waals surface area contributed by atoms with Gasteiger partial charge in [-0.25, -0.2) is 0 Å². The van der Waals surface area contributed by atoms with Crippen molar-refractivity contribution in [2.24, 2.45) is 5.41 Å². The molecule has 5 nitrogen and oxygen atoms in total. The normalized spacial score (nSPS) is 25.8. The number of fused-ring (bicyclic) bond motifs is 3. The van der Waals surface area contributed by atoms with E-state index in [1.807, 2.05) is 0 Å². The first kappa shape index (κ1) is 15.7. The maximum atomic E-state index is 13.1. The van der Waals surface area contributed by atoms with Crippen LogP contribution in [-0.2, 0) is 9.59 Å². The Bertz CT molecular complexity index is 1020. The summed E-state index contributed by atoms with van der Waals surface area (Å²) < 4.78 is 5.44. The molecule has 0 saturated carbocycles. The Kier molecular flexibility index (Phi) is 2.90. The number of carbonyl (C=O) groups excluding carboxylic acids is 4. The lowest BCUT2D eigenvalue weighted by atomic mass is 9.58. The van der Waals surface area contributed by atoms with E-state index >= 15 is 0 Å². The quantitative estimate of drug-likeness (QED) is 0.680. The summed E-state index contributed by atoms with van der Waals surface area (Å²) in [6.45, 7) is 6.88. The van der Waals surface area contributed by atoms with Crippen LogP contribution in [-0.4, -0.2) is 23.1 Å². The van der Waals surface area contributed by atoms with Crippen molar-refractivity contribution in [3.8, 4) is 0 Å². The zero-order valence-electron chi connectivity index (χ0n) is 14.4. The maximum Gasteiger partial charge on any atom is 0.226 e. The highest BCUT2D eigenvalue weighted by Gasteiger charge is 2.52. The van der Waals surface area contributed by atoms with Gasteiger partial charge in [0.25, 0.3) is 0 Å². The molecule has 1 heterocycles. The highest BCUT2D eigenvalue weighted by Crippen LogP contribution is 2.53. The lowest BCUT2D eigenvalue weighted by Crippen LogP contribution is -2.42. The number of Topliss-reactive ketones (excluding diaryl/α,β-unsaturated/α-hetero) is 3. The molecule has 0 amide bonds. The second-order valence-electron chi connectivity index (χ2n) is 7.11. The van der Waals surface area contributed by atoms with E-state index in [1.54, 1.807) is 27.7 Å². The number of ketones is 4. The topological polar surface area (TPSA) is 81.4 Å². The maximum absolute atomic E-state index is 13.1. The van der Waals surface area contributed by atoms with Crippen LogP contribution in [0.1, 0.15) is 53.9 Å². The number of hydrogen-bond donors (Lipinski definition) is 0. The van der Waals surface area contributed by atoms with Crippen molar-refractivity contribution in [3.05, 3.63) is 57.1 Å². The van der Waals surface area contributed by atoms with E-state index < -0.39 is 22.8 Å². The summed E-state index contributed by atoms with van der Waals surface area (Å²) in [4.78, 5) is 51.1. The molecular formula is C20H16O5. The third kappa shape index (κ3) is 1.78. The fraction of sp³-hybridized carbons (Fsp3) is 0.300. The van der Waals surface area contributed by atoms with E-state index in [-0.39, 0.29) is 34.7 Å². The summed E-state index contributed by atoms with van der Waals surface area (Å²) in [6, 6.07) is 1.48. The van der Waals surface area contributed by atoms with Crippen LogP contribution in [0.4, 0.5) is 0 Å². The van der Waals surface area contributed by atoms with Gasteiger partial charge < -0.3 is 4.42 Å². The molecular weight excluding hydrogens is 320 g/mol. The van der Waals surface area contributed by atoms with Crippen molar-refractivity contribution >= 4 is 23.1 Å². The summed E-state index contributed by atoms with van der Waals surface area (Å²) in [7, 11) is 0. The first-order chi connectivity index (χ1) is 11.7. The van der Waals surface area contributed by atoms with Gasteiger partial charge in [-0.05, 0) is 49.6 Å². The number of allylic oxidation sites excluding steroid dienone is 6. The summed E-state index contributed by atoms with van der Waals surface area (Å²) in [5, 5.41) is 0. The monoisotopic (exact) mass is 336 g/mol. The molecule has 0 aromatic carbocycles. The second-order valence-corrected chi connectivity index (χ2v) is 7.11. The van der Waals surface area contributed by atoms with Crippen LogP contribution in [0.5, 0.6) is 0 Å². The van der Waals surface area contributed by atoms with Gasteiger partial charge in [-0.15, -0.1) is 0 Å². The molecule has 0 fully saturated rings. The van der Waals surface area contributed by atoms with Gasteiger partial charge in [-0.1, -0.05) is 6.92 Å². The van der Waals surface area contributed by atoms with E-state index in [9.17, 15) is 19.2 Å². The fourth-order valence-corrected chi connectivity index (χ4v) is 4.16. The van der Waals surface area contributed by atoms with E-state index in [0.717, 1.165) is 0 Å². The lowest BCUT2D eigenvalue weighted by Gasteiger charge is -2.42. The van der Waals surface area contributed by atoms with Crippen molar-refractivity contribution < 1.29 is 23.6 Å². The molecule has 3 aliphatic rings. The average Bonchev–Trinajstić information content (AvgIpc) is 2.94. The van der Waals surface area contributed by atoms with Crippen molar-refractivity contribution in [2.75, 3.05) is 0 Å². The third-order valence-electron chi connectivity index (χ3n) is 5.58. The molecule has 25 heavy (non-hydrogen) atoms. The van der Waals surface area contributed by atoms with Gasteiger partial charge in [-0.2, -0.15) is 0 Å². The first-order valence-corrected chi connectivity index (χ1v) is 8.09. The van der Waals surface area contributed by atoms with Gasteiger partial charge in [-0.3, -0.25) is 19.2 Å². The van der Waals surface area contributed by atoms with Gasteiger partial charge in [0.2, 0.25) is 11.6 Å². The minimum atomic E-state index is -0.991. The number of carbonyl (C=O) groups is 4. The van der Waals surface area contributed by atoms with E-state index in [1.165, 1.54) is 12.1 Å². The lowest BCUT2D eigenvalue weighted by molar-refractivity contribution is -0.117. The molecule has 0 bridgehead atoms. The Balaban J connectivity index is 2.03. The van der Waals surface area contributed by atoms with Gasteiger partial charge in [0.15, 0.2) is 17.3 Å². The molecule has 0 spiro atoms. The summed E-state index contributed by atoms with van der Waals surface area (Å²) >= 11 is 0. The molecule has 0 N–H and O–H groups in total. The van der Waals surface area contributed by atoms with Crippen molar-refractivity contribution in [1.29, 1.82) is 0 Å². The zero-order valence-corrected chi connectivity index (χ0v) is 14.4. The third-order valence-corrected chi connectivity index (χ3v) is 5.58. The Hall–Kier alpha value is -2.82. The standard InChI is InChI=1S/C20H16O5/c1-8-5-11-17(23)15-13(21)6-12-9(2)10(3)14(22)7-20(12,4)16(15)18(24)19(11)25-8/h5-6H,7H2,1-4H3. The summed E-state index contributed by atoms with van der Waals surface area (Å²) in [6.07, 6.45) is 1.47. The van der Waals surface area contributed by atoms with Crippen molar-refractivity contribution in [1.82, 2.24) is 0 Å². The Morgan fingerprint density at radius 2 is 1.68 bits per heavy atom. The number of hydrogen-bond acceptors (Lipinski definition) is 5. The molecule has 0 saturated heterocycles. The van der Waals surface area contributed by atoms with Crippen molar-refractivity contribution in [3.63, 3.8) is 0 Å². The van der Waals surface area contributed by atoms with Gasteiger partial charge in [0.1, 0.15) is 5.76 Å². The average molecular weight is 336 g/mol. The largest absolute Gasteiger partial charge is 0.457 e. The molecule has 1 aromatic heterocycles. The molecule has 1 aromatic rings.